The minimum Gasteiger partial charge on any atom is -0.341 e. The van der Waals surface area contributed by atoms with Crippen molar-refractivity contribution >= 4 is 11.8 Å². The van der Waals surface area contributed by atoms with Crippen LogP contribution in [0.1, 0.15) is 46.0 Å². The van der Waals surface area contributed by atoms with Crippen LogP contribution in [-0.2, 0) is 9.59 Å². The van der Waals surface area contributed by atoms with Gasteiger partial charge in [0.05, 0.1) is 0 Å². The molecule has 1 heterocycles. The molecule has 1 aliphatic heterocycles. The maximum Gasteiger partial charge on any atom is 0.225 e. The van der Waals surface area contributed by atoms with Crippen LogP contribution < -0.4 is 5.73 Å². The molecule has 0 aromatic carbocycles. The van der Waals surface area contributed by atoms with Crippen molar-refractivity contribution in [2.45, 2.75) is 52.0 Å². The molecule has 5 heteroatoms. The van der Waals surface area contributed by atoms with Gasteiger partial charge in [0.15, 0.2) is 0 Å². The van der Waals surface area contributed by atoms with Crippen molar-refractivity contribution in [1.82, 2.24) is 9.80 Å². The highest BCUT2D eigenvalue weighted by atomic mass is 16.2. The molecule has 5 nitrogen and oxygen atoms in total. The van der Waals surface area contributed by atoms with Gasteiger partial charge >= 0.3 is 0 Å². The van der Waals surface area contributed by atoms with Crippen LogP contribution in [0, 0.1) is 11.8 Å². The zero-order chi connectivity index (χ0) is 15.4. The van der Waals surface area contributed by atoms with Gasteiger partial charge in [-0.05, 0) is 25.2 Å². The van der Waals surface area contributed by atoms with Crippen molar-refractivity contribution in [3.63, 3.8) is 0 Å². The van der Waals surface area contributed by atoms with E-state index in [2.05, 4.69) is 0 Å². The largest absolute Gasteiger partial charge is 0.341 e. The first-order valence-corrected chi connectivity index (χ1v) is 8.31. The highest BCUT2D eigenvalue weighted by Gasteiger charge is 2.29. The van der Waals surface area contributed by atoms with Crippen molar-refractivity contribution in [3.8, 4) is 0 Å². The molecule has 1 aliphatic carbocycles. The van der Waals surface area contributed by atoms with Crippen molar-refractivity contribution in [1.29, 1.82) is 0 Å². The monoisotopic (exact) mass is 295 g/mol. The second kappa shape index (κ2) is 7.25. The van der Waals surface area contributed by atoms with E-state index in [1.54, 1.807) is 0 Å². The predicted octanol–water partition coefficient (Wildman–Crippen LogP) is 1.22. The molecular formula is C16H29N3O2. The van der Waals surface area contributed by atoms with Crippen LogP contribution in [-0.4, -0.2) is 53.8 Å². The molecule has 2 fully saturated rings. The van der Waals surface area contributed by atoms with Crippen LogP contribution in [0.5, 0.6) is 0 Å². The molecular weight excluding hydrogens is 266 g/mol. The lowest BCUT2D eigenvalue weighted by Crippen LogP contribution is -2.40. The number of hydrogen-bond donors (Lipinski definition) is 1. The maximum absolute atomic E-state index is 12.4. The first kappa shape index (κ1) is 16.3. The molecule has 2 amide bonds. The van der Waals surface area contributed by atoms with Gasteiger partial charge in [0.2, 0.25) is 11.8 Å². The Balaban J connectivity index is 1.84. The van der Waals surface area contributed by atoms with E-state index in [-0.39, 0.29) is 23.8 Å². The average Bonchev–Trinajstić information content (AvgIpc) is 2.72. The zero-order valence-electron chi connectivity index (χ0n) is 13.4. The summed E-state index contributed by atoms with van der Waals surface area (Å²) in [6, 6.07) is 0.194. The average molecular weight is 295 g/mol. The number of carbonyl (C=O) groups is 2. The fourth-order valence-corrected chi connectivity index (χ4v) is 3.42. The number of carbonyl (C=O) groups excluding carboxylic acids is 2. The van der Waals surface area contributed by atoms with Crippen molar-refractivity contribution in [2.24, 2.45) is 17.6 Å². The lowest BCUT2D eigenvalue weighted by atomic mass is 9.99. The number of hydrogen-bond acceptors (Lipinski definition) is 3. The summed E-state index contributed by atoms with van der Waals surface area (Å²) in [6.07, 6.45) is 4.74. The summed E-state index contributed by atoms with van der Waals surface area (Å²) < 4.78 is 0. The normalized spacial score (nSPS) is 27.0. The van der Waals surface area contributed by atoms with E-state index in [1.165, 1.54) is 0 Å². The number of nitrogens with zero attached hydrogens (tertiary/aromatic N) is 2. The molecule has 0 radical (unpaired) electrons. The first-order valence-electron chi connectivity index (χ1n) is 8.31. The second-order valence-corrected chi connectivity index (χ2v) is 6.77. The summed E-state index contributed by atoms with van der Waals surface area (Å²) in [6.45, 7) is 6.72. The summed E-state index contributed by atoms with van der Waals surface area (Å²) in [5, 5.41) is 0. The Kier molecular flexibility index (Phi) is 5.62. The molecule has 2 rings (SSSR count). The summed E-state index contributed by atoms with van der Waals surface area (Å²) in [7, 11) is 0. The molecule has 0 spiro atoms. The van der Waals surface area contributed by atoms with Crippen molar-refractivity contribution in [3.05, 3.63) is 0 Å². The van der Waals surface area contributed by atoms with Gasteiger partial charge in [0, 0.05) is 44.6 Å². The summed E-state index contributed by atoms with van der Waals surface area (Å²) >= 11 is 0. The van der Waals surface area contributed by atoms with E-state index in [0.717, 1.165) is 38.8 Å². The molecule has 0 aromatic rings. The van der Waals surface area contributed by atoms with E-state index in [0.29, 0.717) is 25.4 Å². The minimum atomic E-state index is 0.0312. The van der Waals surface area contributed by atoms with Crippen LogP contribution in [0.4, 0.5) is 0 Å². The Morgan fingerprint density at radius 2 is 1.71 bits per heavy atom. The Hall–Kier alpha value is -1.10. The fourth-order valence-electron chi connectivity index (χ4n) is 3.42. The third-order valence-electron chi connectivity index (χ3n) is 4.81. The Bertz CT molecular complexity index is 384. The lowest BCUT2D eigenvalue weighted by Gasteiger charge is -2.25. The van der Waals surface area contributed by atoms with Gasteiger partial charge in [-0.3, -0.25) is 9.59 Å². The van der Waals surface area contributed by atoms with Gasteiger partial charge in [-0.2, -0.15) is 0 Å². The van der Waals surface area contributed by atoms with Gasteiger partial charge < -0.3 is 15.5 Å². The van der Waals surface area contributed by atoms with Crippen LogP contribution >= 0.6 is 0 Å². The third kappa shape index (κ3) is 4.19. The second-order valence-electron chi connectivity index (χ2n) is 6.77. The van der Waals surface area contributed by atoms with E-state index < -0.39 is 0 Å². The quantitative estimate of drug-likeness (QED) is 0.851. The summed E-state index contributed by atoms with van der Waals surface area (Å²) in [5.74, 6) is 0.802. The van der Waals surface area contributed by atoms with Gasteiger partial charge in [-0.1, -0.05) is 20.3 Å². The first-order chi connectivity index (χ1) is 9.99. The molecule has 120 valence electrons. The molecule has 2 aliphatic rings. The molecule has 2 N–H and O–H groups in total. The topological polar surface area (TPSA) is 66.6 Å². The van der Waals surface area contributed by atoms with E-state index in [4.69, 9.17) is 5.73 Å². The minimum absolute atomic E-state index is 0.0312. The van der Waals surface area contributed by atoms with Gasteiger partial charge in [0.1, 0.15) is 0 Å². The Morgan fingerprint density at radius 1 is 1.05 bits per heavy atom. The molecule has 2 atom stereocenters. The predicted molar refractivity (Wildman–Crippen MR) is 82.5 cm³/mol. The standard InChI is InChI=1S/C16H29N3O2/c1-12(2)16(21)19-8-4-7-18(9-10-19)15(20)11-13-5-3-6-14(13)17/h12-14H,3-11,17H2,1-2H3/t13-,14+/m0/s1. The summed E-state index contributed by atoms with van der Waals surface area (Å²) in [5.41, 5.74) is 6.06. The highest BCUT2D eigenvalue weighted by molar-refractivity contribution is 5.79. The SMILES string of the molecule is CC(C)C(=O)N1CCCN(C(=O)C[C@@H]2CCC[C@H]2N)CC1. The van der Waals surface area contributed by atoms with Gasteiger partial charge in [-0.25, -0.2) is 0 Å². The van der Waals surface area contributed by atoms with E-state index in [1.807, 2.05) is 23.6 Å². The number of rotatable bonds is 3. The van der Waals surface area contributed by atoms with Crippen LogP contribution in [0.15, 0.2) is 0 Å². The fraction of sp³-hybridized carbons (Fsp3) is 0.875. The number of amides is 2. The van der Waals surface area contributed by atoms with Crippen molar-refractivity contribution in [2.75, 3.05) is 26.2 Å². The highest BCUT2D eigenvalue weighted by Crippen LogP contribution is 2.27. The molecule has 0 bridgehead atoms. The van der Waals surface area contributed by atoms with Crippen LogP contribution in [0.25, 0.3) is 0 Å². The van der Waals surface area contributed by atoms with Gasteiger partial charge in [-0.15, -0.1) is 0 Å². The molecule has 0 aromatic heterocycles. The molecule has 1 saturated carbocycles. The zero-order valence-corrected chi connectivity index (χ0v) is 13.4. The third-order valence-corrected chi connectivity index (χ3v) is 4.81. The van der Waals surface area contributed by atoms with Crippen LogP contribution in [0.2, 0.25) is 0 Å². The van der Waals surface area contributed by atoms with Gasteiger partial charge in [0.25, 0.3) is 0 Å². The lowest BCUT2D eigenvalue weighted by molar-refractivity contribution is -0.135. The van der Waals surface area contributed by atoms with E-state index >= 15 is 0 Å². The Morgan fingerprint density at radius 3 is 2.33 bits per heavy atom. The van der Waals surface area contributed by atoms with Crippen LogP contribution in [0.3, 0.4) is 0 Å². The van der Waals surface area contributed by atoms with E-state index in [9.17, 15) is 9.59 Å². The molecule has 1 saturated heterocycles. The number of nitrogens with two attached hydrogens (primary N) is 1. The molecule has 0 unspecified atom stereocenters. The van der Waals surface area contributed by atoms with Crippen molar-refractivity contribution < 1.29 is 9.59 Å². The molecule has 21 heavy (non-hydrogen) atoms. The smallest absolute Gasteiger partial charge is 0.225 e. The maximum atomic E-state index is 12.4. The Labute approximate surface area is 127 Å². The summed E-state index contributed by atoms with van der Waals surface area (Å²) in [4.78, 5) is 28.3.